The van der Waals surface area contributed by atoms with Crippen LogP contribution in [0.5, 0.6) is 0 Å². The van der Waals surface area contributed by atoms with Gasteiger partial charge >= 0.3 is 5.97 Å². The second kappa shape index (κ2) is 12.7. The van der Waals surface area contributed by atoms with Crippen molar-refractivity contribution in [2.75, 3.05) is 12.8 Å². The lowest BCUT2D eigenvalue weighted by atomic mass is 9.84. The fraction of sp³-hybridized carbons (Fsp3) is 0.387. The van der Waals surface area contributed by atoms with Gasteiger partial charge in [-0.15, -0.1) is 11.8 Å². The van der Waals surface area contributed by atoms with Gasteiger partial charge in [0.15, 0.2) is 21.4 Å². The Bertz CT molecular complexity index is 1220. The molecule has 0 spiro atoms. The average molecular weight is 568 g/mol. The molecular formula is C31H37NO5S2. The summed E-state index contributed by atoms with van der Waals surface area (Å²) in [6.45, 7) is 4.36. The highest BCUT2D eigenvalue weighted by Gasteiger charge is 2.45. The standard InChI is InChI=1S/C31H37NO5S2/c1-22(2)19-28(29(33)34)37-30(39(3,35)36)27-20-26(21-32-27)38-31(23-13-7-4-8-14-23,24-15-9-5-10-16-24)25-17-11-6-12-18-25/h4-18,22,26-28,30,32H,19-21H2,1-3H3,(H,33,34)/t26?,27?,28-,30?/m0/s1. The van der Waals surface area contributed by atoms with Gasteiger partial charge in [0.25, 0.3) is 0 Å². The summed E-state index contributed by atoms with van der Waals surface area (Å²) in [5, 5.41) is 13.1. The second-order valence-electron chi connectivity index (χ2n) is 10.6. The van der Waals surface area contributed by atoms with Gasteiger partial charge in [0.1, 0.15) is 0 Å². The number of hydrogen-bond donors (Lipinski definition) is 2. The first-order chi connectivity index (χ1) is 18.6. The normalized spacial score (nSPS) is 19.6. The molecule has 3 unspecified atom stereocenters. The number of sulfone groups is 1. The SMILES string of the molecule is CC(C)C[C@H](OC(C1CC(SC(c2ccccc2)(c2ccccc2)c2ccccc2)CN1)S(C)(=O)=O)C(=O)O. The van der Waals surface area contributed by atoms with Gasteiger partial charge < -0.3 is 15.2 Å². The van der Waals surface area contributed by atoms with E-state index in [1.165, 1.54) is 0 Å². The zero-order valence-corrected chi connectivity index (χ0v) is 24.2. The molecule has 0 amide bonds. The first kappa shape index (κ1) is 29.3. The number of nitrogens with one attached hydrogen (secondary N) is 1. The van der Waals surface area contributed by atoms with Gasteiger partial charge in [0, 0.05) is 24.1 Å². The van der Waals surface area contributed by atoms with Crippen molar-refractivity contribution in [2.24, 2.45) is 5.92 Å². The van der Waals surface area contributed by atoms with Gasteiger partial charge in [-0.3, -0.25) is 0 Å². The Morgan fingerprint density at radius 2 is 1.41 bits per heavy atom. The van der Waals surface area contributed by atoms with E-state index in [4.69, 9.17) is 4.74 Å². The first-order valence-corrected chi connectivity index (χ1v) is 16.1. The van der Waals surface area contributed by atoms with E-state index in [2.05, 4.69) is 41.7 Å². The minimum Gasteiger partial charge on any atom is -0.479 e. The largest absolute Gasteiger partial charge is 0.479 e. The lowest BCUT2D eigenvalue weighted by Gasteiger charge is -2.37. The van der Waals surface area contributed by atoms with Gasteiger partial charge in [-0.05, 0) is 35.4 Å². The van der Waals surface area contributed by atoms with E-state index < -0.39 is 38.1 Å². The molecule has 0 saturated carbocycles. The predicted molar refractivity (Wildman–Crippen MR) is 158 cm³/mol. The molecule has 1 fully saturated rings. The Labute approximate surface area is 236 Å². The lowest BCUT2D eigenvalue weighted by Crippen LogP contribution is -2.45. The summed E-state index contributed by atoms with van der Waals surface area (Å²) in [6.07, 6.45) is 0.696. The summed E-state index contributed by atoms with van der Waals surface area (Å²) >= 11 is 1.80. The number of aliphatic carboxylic acids is 1. The van der Waals surface area contributed by atoms with E-state index in [1.807, 2.05) is 68.4 Å². The number of carbonyl (C=O) groups is 1. The van der Waals surface area contributed by atoms with Crippen LogP contribution in [0.3, 0.4) is 0 Å². The molecular weight excluding hydrogens is 530 g/mol. The number of rotatable bonds is 12. The Kier molecular flexibility index (Phi) is 9.54. The van der Waals surface area contributed by atoms with Crippen LogP contribution in [0.2, 0.25) is 0 Å². The minimum atomic E-state index is -3.69. The molecule has 0 radical (unpaired) electrons. The fourth-order valence-electron chi connectivity index (χ4n) is 5.30. The van der Waals surface area contributed by atoms with Crippen LogP contribution in [0, 0.1) is 5.92 Å². The molecule has 39 heavy (non-hydrogen) atoms. The summed E-state index contributed by atoms with van der Waals surface area (Å²) in [4.78, 5) is 11.9. The molecule has 208 valence electrons. The molecule has 2 N–H and O–H groups in total. The van der Waals surface area contributed by atoms with Crippen LogP contribution in [0.15, 0.2) is 91.0 Å². The monoisotopic (exact) mass is 567 g/mol. The molecule has 4 rings (SSSR count). The van der Waals surface area contributed by atoms with E-state index in [0.717, 1.165) is 22.9 Å². The minimum absolute atomic E-state index is 0.0387. The van der Waals surface area contributed by atoms with Gasteiger partial charge in [-0.2, -0.15) is 0 Å². The average Bonchev–Trinajstić information content (AvgIpc) is 3.38. The van der Waals surface area contributed by atoms with Crippen molar-refractivity contribution >= 4 is 27.6 Å². The van der Waals surface area contributed by atoms with E-state index in [-0.39, 0.29) is 17.6 Å². The maximum atomic E-state index is 12.9. The third-order valence-corrected chi connectivity index (χ3v) is 10.1. The van der Waals surface area contributed by atoms with Crippen LogP contribution in [0.25, 0.3) is 0 Å². The van der Waals surface area contributed by atoms with Crippen molar-refractivity contribution in [1.82, 2.24) is 5.32 Å². The molecule has 4 atom stereocenters. The third kappa shape index (κ3) is 6.92. The molecule has 0 aromatic heterocycles. The van der Waals surface area contributed by atoms with Crippen LogP contribution < -0.4 is 5.32 Å². The van der Waals surface area contributed by atoms with Crippen LogP contribution in [0.1, 0.15) is 43.4 Å². The molecule has 1 heterocycles. The van der Waals surface area contributed by atoms with Crippen molar-refractivity contribution in [3.8, 4) is 0 Å². The van der Waals surface area contributed by atoms with Crippen molar-refractivity contribution in [2.45, 2.75) is 54.3 Å². The quantitative estimate of drug-likeness (QED) is 0.286. The predicted octanol–water partition coefficient (Wildman–Crippen LogP) is 5.33. The highest BCUT2D eigenvalue weighted by Crippen LogP contribution is 2.51. The molecule has 1 aliphatic rings. The number of carboxylic acids is 1. The van der Waals surface area contributed by atoms with Crippen molar-refractivity contribution in [1.29, 1.82) is 0 Å². The Hall–Kier alpha value is -2.65. The van der Waals surface area contributed by atoms with E-state index in [1.54, 1.807) is 11.8 Å². The van der Waals surface area contributed by atoms with Crippen LogP contribution in [-0.2, 0) is 24.1 Å². The van der Waals surface area contributed by atoms with Gasteiger partial charge in [0.2, 0.25) is 0 Å². The lowest BCUT2D eigenvalue weighted by molar-refractivity contribution is -0.153. The van der Waals surface area contributed by atoms with Crippen LogP contribution in [-0.4, -0.2) is 55.1 Å². The maximum absolute atomic E-state index is 12.9. The van der Waals surface area contributed by atoms with Crippen LogP contribution >= 0.6 is 11.8 Å². The number of benzene rings is 3. The van der Waals surface area contributed by atoms with Crippen molar-refractivity contribution in [3.05, 3.63) is 108 Å². The van der Waals surface area contributed by atoms with E-state index in [0.29, 0.717) is 13.0 Å². The summed E-state index contributed by atoms with van der Waals surface area (Å²) in [6, 6.07) is 30.6. The van der Waals surface area contributed by atoms with Crippen molar-refractivity contribution in [3.63, 3.8) is 0 Å². The Balaban J connectivity index is 1.69. The molecule has 0 aliphatic carbocycles. The highest BCUT2D eigenvalue weighted by molar-refractivity contribution is 8.01. The van der Waals surface area contributed by atoms with Crippen LogP contribution in [0.4, 0.5) is 0 Å². The first-order valence-electron chi connectivity index (χ1n) is 13.3. The van der Waals surface area contributed by atoms with Gasteiger partial charge in [0.05, 0.1) is 4.75 Å². The molecule has 3 aromatic carbocycles. The number of carboxylic acid groups (broad SMARTS) is 1. The Morgan fingerprint density at radius 1 is 0.949 bits per heavy atom. The van der Waals surface area contributed by atoms with Crippen molar-refractivity contribution < 1.29 is 23.1 Å². The number of thioether (sulfide) groups is 1. The molecule has 1 aliphatic heterocycles. The molecule has 8 heteroatoms. The smallest absolute Gasteiger partial charge is 0.332 e. The summed E-state index contributed by atoms with van der Waals surface area (Å²) in [5.41, 5.74) is 2.15. The molecule has 0 bridgehead atoms. The fourth-order valence-corrected chi connectivity index (χ4v) is 8.24. The zero-order chi connectivity index (χ0) is 28.0. The number of ether oxygens (including phenoxy) is 1. The molecule has 1 saturated heterocycles. The van der Waals surface area contributed by atoms with Gasteiger partial charge in [-0.1, -0.05) is 105 Å². The summed E-state index contributed by atoms with van der Waals surface area (Å²) in [5.74, 6) is -1.09. The summed E-state index contributed by atoms with van der Waals surface area (Å²) in [7, 11) is -3.69. The van der Waals surface area contributed by atoms with E-state index >= 15 is 0 Å². The van der Waals surface area contributed by atoms with Gasteiger partial charge in [-0.25, -0.2) is 13.2 Å². The maximum Gasteiger partial charge on any atom is 0.332 e. The zero-order valence-electron chi connectivity index (χ0n) is 22.6. The topological polar surface area (TPSA) is 92.7 Å². The molecule has 6 nitrogen and oxygen atoms in total. The third-order valence-electron chi connectivity index (χ3n) is 7.02. The van der Waals surface area contributed by atoms with E-state index in [9.17, 15) is 18.3 Å². The second-order valence-corrected chi connectivity index (χ2v) is 14.2. The molecule has 3 aromatic rings. The Morgan fingerprint density at radius 3 is 1.79 bits per heavy atom. The summed E-state index contributed by atoms with van der Waals surface area (Å²) < 4.78 is 31.0. The number of hydrogen-bond acceptors (Lipinski definition) is 6. The highest BCUT2D eigenvalue weighted by atomic mass is 32.2.